The number of likely N-dealkylation sites (N-methyl/N-ethyl adjacent to an activating group) is 1. The first-order valence-corrected chi connectivity index (χ1v) is 7.58. The number of rotatable bonds is 7. The van der Waals surface area contributed by atoms with Crippen molar-refractivity contribution in [1.29, 1.82) is 0 Å². The van der Waals surface area contributed by atoms with Crippen LogP contribution in [0.2, 0.25) is 5.02 Å². The quantitative estimate of drug-likeness (QED) is 0.814. The third-order valence-electron chi connectivity index (χ3n) is 3.17. The maximum absolute atomic E-state index is 12.1. The smallest absolute Gasteiger partial charge is 0.234 e. The molecule has 0 radical (unpaired) electrons. The van der Waals surface area contributed by atoms with Crippen molar-refractivity contribution in [2.75, 3.05) is 19.6 Å². The molecule has 1 atom stereocenters. The molecule has 0 aliphatic rings. The van der Waals surface area contributed by atoms with Gasteiger partial charge in [0.25, 0.3) is 0 Å². The lowest BCUT2D eigenvalue weighted by Gasteiger charge is -2.27. The summed E-state index contributed by atoms with van der Waals surface area (Å²) in [5, 5.41) is 13.5. The second kappa shape index (κ2) is 7.78. The van der Waals surface area contributed by atoms with Crippen LogP contribution >= 0.6 is 11.6 Å². The zero-order valence-electron chi connectivity index (χ0n) is 13.2. The third-order valence-corrected chi connectivity index (χ3v) is 3.42. The molecule has 0 fully saturated rings. The Kier molecular flexibility index (Phi) is 6.65. The number of aliphatic hydroxyl groups is 1. The monoisotopic (exact) mass is 312 g/mol. The van der Waals surface area contributed by atoms with Crippen LogP contribution in [-0.2, 0) is 4.79 Å². The molecular weight excluding hydrogens is 288 g/mol. The predicted molar refractivity (Wildman–Crippen MR) is 86.4 cm³/mol. The molecule has 1 amide bonds. The molecule has 0 aliphatic heterocycles. The van der Waals surface area contributed by atoms with Crippen molar-refractivity contribution < 1.29 is 9.90 Å². The van der Waals surface area contributed by atoms with Crippen LogP contribution < -0.4 is 5.32 Å². The van der Waals surface area contributed by atoms with Gasteiger partial charge in [0, 0.05) is 11.6 Å². The highest BCUT2D eigenvalue weighted by Crippen LogP contribution is 2.16. The molecule has 0 heterocycles. The molecular formula is C16H25ClN2O2. The number of benzene rings is 1. The van der Waals surface area contributed by atoms with Gasteiger partial charge in [-0.05, 0) is 45.0 Å². The molecule has 1 rings (SSSR count). The summed E-state index contributed by atoms with van der Waals surface area (Å²) in [5.74, 6) is -0.0523. The number of halogens is 1. The second-order valence-electron chi connectivity index (χ2n) is 5.96. The highest BCUT2D eigenvalue weighted by atomic mass is 35.5. The highest BCUT2D eigenvalue weighted by molar-refractivity contribution is 6.30. The van der Waals surface area contributed by atoms with Gasteiger partial charge in [0.1, 0.15) is 0 Å². The lowest BCUT2D eigenvalue weighted by Crippen LogP contribution is -2.44. The van der Waals surface area contributed by atoms with E-state index in [2.05, 4.69) is 5.32 Å². The molecule has 1 aromatic rings. The summed E-state index contributed by atoms with van der Waals surface area (Å²) in [5.41, 5.74) is 0.205. The molecule has 0 saturated heterocycles. The second-order valence-corrected chi connectivity index (χ2v) is 6.39. The molecule has 0 saturated carbocycles. The van der Waals surface area contributed by atoms with Gasteiger partial charge in [-0.25, -0.2) is 0 Å². The summed E-state index contributed by atoms with van der Waals surface area (Å²) < 4.78 is 0. The Morgan fingerprint density at radius 3 is 2.43 bits per heavy atom. The van der Waals surface area contributed by atoms with Crippen molar-refractivity contribution in [2.45, 2.75) is 39.3 Å². The van der Waals surface area contributed by atoms with Crippen molar-refractivity contribution in [3.8, 4) is 0 Å². The summed E-state index contributed by atoms with van der Waals surface area (Å²) >= 11 is 5.85. The first kappa shape index (κ1) is 18.0. The normalized spacial score (nSPS) is 13.3. The van der Waals surface area contributed by atoms with E-state index in [0.717, 1.165) is 5.56 Å². The molecule has 118 valence electrons. The van der Waals surface area contributed by atoms with Crippen LogP contribution in [0.5, 0.6) is 0 Å². The molecule has 0 spiro atoms. The Bertz CT molecular complexity index is 454. The van der Waals surface area contributed by atoms with Crippen molar-refractivity contribution in [3.05, 3.63) is 34.9 Å². The first-order valence-electron chi connectivity index (χ1n) is 7.21. The third kappa shape index (κ3) is 6.93. The topological polar surface area (TPSA) is 52.6 Å². The molecule has 0 bridgehead atoms. The van der Waals surface area contributed by atoms with Crippen molar-refractivity contribution in [1.82, 2.24) is 10.2 Å². The fourth-order valence-corrected chi connectivity index (χ4v) is 2.28. The Morgan fingerprint density at radius 2 is 1.95 bits per heavy atom. The SMILES string of the molecule is CCN(CC(=O)NC(C)c1ccc(Cl)cc1)CC(C)(C)O. The number of nitrogens with zero attached hydrogens (tertiary/aromatic N) is 1. The molecule has 21 heavy (non-hydrogen) atoms. The molecule has 2 N–H and O–H groups in total. The average molecular weight is 313 g/mol. The van der Waals surface area contributed by atoms with Crippen LogP contribution in [0, 0.1) is 0 Å². The van der Waals surface area contributed by atoms with Gasteiger partial charge < -0.3 is 10.4 Å². The Hall–Kier alpha value is -1.10. The van der Waals surface area contributed by atoms with Crippen LogP contribution in [0.25, 0.3) is 0 Å². The van der Waals surface area contributed by atoms with E-state index in [1.54, 1.807) is 13.8 Å². The fourth-order valence-electron chi connectivity index (χ4n) is 2.15. The van der Waals surface area contributed by atoms with E-state index in [4.69, 9.17) is 11.6 Å². The van der Waals surface area contributed by atoms with Gasteiger partial charge in [0.15, 0.2) is 0 Å². The van der Waals surface area contributed by atoms with Gasteiger partial charge in [-0.2, -0.15) is 0 Å². The minimum absolute atomic E-state index is 0.0523. The minimum Gasteiger partial charge on any atom is -0.389 e. The first-order chi connectivity index (χ1) is 9.71. The standard InChI is InChI=1S/C16H25ClN2O2/c1-5-19(11-16(3,4)21)10-15(20)18-12(2)13-6-8-14(17)9-7-13/h6-9,12,21H,5,10-11H2,1-4H3,(H,18,20). The van der Waals surface area contributed by atoms with E-state index >= 15 is 0 Å². The van der Waals surface area contributed by atoms with Crippen molar-refractivity contribution in [2.24, 2.45) is 0 Å². The average Bonchev–Trinajstić information content (AvgIpc) is 2.36. The van der Waals surface area contributed by atoms with E-state index < -0.39 is 5.60 Å². The van der Waals surface area contributed by atoms with E-state index in [1.165, 1.54) is 0 Å². The van der Waals surface area contributed by atoms with E-state index in [-0.39, 0.29) is 18.5 Å². The van der Waals surface area contributed by atoms with E-state index in [1.807, 2.05) is 43.0 Å². The predicted octanol–water partition coefficient (Wildman–Crippen LogP) is 2.61. The lowest BCUT2D eigenvalue weighted by molar-refractivity contribution is -0.123. The largest absolute Gasteiger partial charge is 0.389 e. The van der Waals surface area contributed by atoms with Gasteiger partial charge in [-0.15, -0.1) is 0 Å². The molecule has 1 unspecified atom stereocenters. The number of hydrogen-bond acceptors (Lipinski definition) is 3. The molecule has 5 heteroatoms. The van der Waals surface area contributed by atoms with Gasteiger partial charge in [0.05, 0.1) is 18.2 Å². The summed E-state index contributed by atoms with van der Waals surface area (Å²) in [4.78, 5) is 14.0. The van der Waals surface area contributed by atoms with Gasteiger partial charge >= 0.3 is 0 Å². The maximum atomic E-state index is 12.1. The summed E-state index contributed by atoms with van der Waals surface area (Å²) in [6, 6.07) is 7.36. The minimum atomic E-state index is -0.807. The Balaban J connectivity index is 2.53. The zero-order valence-corrected chi connectivity index (χ0v) is 13.9. The molecule has 4 nitrogen and oxygen atoms in total. The fraction of sp³-hybridized carbons (Fsp3) is 0.562. The lowest BCUT2D eigenvalue weighted by atomic mass is 10.1. The van der Waals surface area contributed by atoms with E-state index in [0.29, 0.717) is 18.1 Å². The van der Waals surface area contributed by atoms with Crippen LogP contribution in [0.3, 0.4) is 0 Å². The van der Waals surface area contributed by atoms with Crippen molar-refractivity contribution >= 4 is 17.5 Å². The van der Waals surface area contributed by atoms with Crippen LogP contribution in [0.4, 0.5) is 0 Å². The number of carbonyl (C=O) groups excluding carboxylic acids is 1. The molecule has 0 aromatic heterocycles. The number of nitrogens with one attached hydrogen (secondary N) is 1. The van der Waals surface area contributed by atoms with Gasteiger partial charge in [0.2, 0.25) is 5.91 Å². The molecule has 0 aliphatic carbocycles. The Labute approximate surface area is 132 Å². The number of carbonyl (C=O) groups is 1. The zero-order chi connectivity index (χ0) is 16.0. The Morgan fingerprint density at radius 1 is 1.38 bits per heavy atom. The maximum Gasteiger partial charge on any atom is 0.234 e. The number of amides is 1. The summed E-state index contributed by atoms with van der Waals surface area (Å²) in [6.07, 6.45) is 0. The van der Waals surface area contributed by atoms with Crippen molar-refractivity contribution in [3.63, 3.8) is 0 Å². The van der Waals surface area contributed by atoms with Gasteiger partial charge in [-0.3, -0.25) is 9.69 Å². The number of hydrogen-bond donors (Lipinski definition) is 2. The van der Waals surface area contributed by atoms with Crippen LogP contribution in [0.15, 0.2) is 24.3 Å². The summed E-state index contributed by atoms with van der Waals surface area (Å²) in [7, 11) is 0. The highest BCUT2D eigenvalue weighted by Gasteiger charge is 2.19. The van der Waals surface area contributed by atoms with Crippen LogP contribution in [0.1, 0.15) is 39.3 Å². The van der Waals surface area contributed by atoms with Gasteiger partial charge in [-0.1, -0.05) is 30.7 Å². The molecule has 1 aromatic carbocycles. The van der Waals surface area contributed by atoms with E-state index in [9.17, 15) is 9.90 Å². The van der Waals surface area contributed by atoms with Crippen LogP contribution in [-0.4, -0.2) is 41.1 Å². The summed E-state index contributed by atoms with van der Waals surface area (Å²) in [6.45, 7) is 8.85.